The first-order valence-electron chi connectivity index (χ1n) is 11.9. The Kier molecular flexibility index (Phi) is 7.87. The summed E-state index contributed by atoms with van der Waals surface area (Å²) in [6.45, 7) is 10.1. The van der Waals surface area contributed by atoms with Crippen molar-refractivity contribution in [2.75, 3.05) is 4.72 Å². The predicted molar refractivity (Wildman–Crippen MR) is 143 cm³/mol. The minimum atomic E-state index is -3.91. The van der Waals surface area contributed by atoms with Gasteiger partial charge in [-0.05, 0) is 51.3 Å². The van der Waals surface area contributed by atoms with E-state index in [1.165, 1.54) is 11.3 Å². The molecule has 0 saturated heterocycles. The molecule has 0 aliphatic heterocycles. The number of hydrogen-bond acceptors (Lipinski definition) is 7. The molecule has 0 saturated carbocycles. The standard InChI is InChI=1S/C25H30ClN5O3S2/c1-6-8-22-27-23(9-7-2)31(28-22)14-18-10-11-19(21(26)13-18)20-12-15(3)35-25(20)36(32,33)30-24-16(4)17(5)34-29-24/h10-13H,6-9,14H2,1-5H3,(H,29,30). The van der Waals surface area contributed by atoms with E-state index in [1.54, 1.807) is 13.8 Å². The van der Waals surface area contributed by atoms with E-state index in [0.29, 0.717) is 34.0 Å². The lowest BCUT2D eigenvalue weighted by Gasteiger charge is -2.11. The Bertz CT molecular complexity index is 1490. The fraction of sp³-hybridized carbons (Fsp3) is 0.400. The summed E-state index contributed by atoms with van der Waals surface area (Å²) in [6, 6.07) is 7.54. The van der Waals surface area contributed by atoms with Gasteiger partial charge in [-0.3, -0.25) is 4.72 Å². The summed E-state index contributed by atoms with van der Waals surface area (Å²) in [5.74, 6) is 2.57. The maximum Gasteiger partial charge on any atom is 0.273 e. The lowest BCUT2D eigenvalue weighted by atomic mass is 10.1. The van der Waals surface area contributed by atoms with Crippen molar-refractivity contribution in [2.45, 2.75) is 71.1 Å². The molecule has 0 spiro atoms. The molecular formula is C25H30ClN5O3S2. The van der Waals surface area contributed by atoms with Gasteiger partial charge >= 0.3 is 0 Å². The average Bonchev–Trinajstić information content (AvgIpc) is 3.48. The van der Waals surface area contributed by atoms with E-state index < -0.39 is 10.0 Å². The number of nitrogens with one attached hydrogen (secondary N) is 1. The van der Waals surface area contributed by atoms with Crippen LogP contribution >= 0.6 is 22.9 Å². The number of anilines is 1. The highest BCUT2D eigenvalue weighted by atomic mass is 35.5. The number of sulfonamides is 1. The Balaban J connectivity index is 1.65. The summed E-state index contributed by atoms with van der Waals surface area (Å²) in [7, 11) is -3.91. The summed E-state index contributed by atoms with van der Waals surface area (Å²) in [4.78, 5) is 5.55. The molecule has 1 N–H and O–H groups in total. The molecule has 8 nitrogen and oxygen atoms in total. The van der Waals surface area contributed by atoms with Gasteiger partial charge in [0, 0.05) is 39.4 Å². The van der Waals surface area contributed by atoms with E-state index in [9.17, 15) is 8.42 Å². The van der Waals surface area contributed by atoms with Crippen molar-refractivity contribution >= 4 is 38.8 Å². The zero-order valence-electron chi connectivity index (χ0n) is 21.1. The molecule has 192 valence electrons. The van der Waals surface area contributed by atoms with Gasteiger partial charge in [-0.1, -0.05) is 42.7 Å². The third kappa shape index (κ3) is 5.50. The smallest absolute Gasteiger partial charge is 0.273 e. The summed E-state index contributed by atoms with van der Waals surface area (Å²) >= 11 is 7.91. The number of aryl methyl sites for hydroxylation is 4. The number of benzene rings is 1. The lowest BCUT2D eigenvalue weighted by molar-refractivity contribution is 0.399. The summed E-state index contributed by atoms with van der Waals surface area (Å²) in [6.07, 6.45) is 3.68. The van der Waals surface area contributed by atoms with E-state index in [1.807, 2.05) is 35.9 Å². The normalized spacial score (nSPS) is 11.8. The van der Waals surface area contributed by atoms with Gasteiger partial charge in [0.05, 0.1) is 6.54 Å². The fourth-order valence-corrected chi connectivity index (χ4v) is 6.91. The molecule has 1 aromatic carbocycles. The molecule has 3 heterocycles. The molecule has 36 heavy (non-hydrogen) atoms. The third-order valence-corrected chi connectivity index (χ3v) is 9.09. The predicted octanol–water partition coefficient (Wildman–Crippen LogP) is 6.33. The van der Waals surface area contributed by atoms with E-state index in [4.69, 9.17) is 21.1 Å². The van der Waals surface area contributed by atoms with Gasteiger partial charge in [0.15, 0.2) is 11.6 Å². The number of thiophene rings is 1. The van der Waals surface area contributed by atoms with Crippen LogP contribution < -0.4 is 4.72 Å². The number of nitrogens with zero attached hydrogens (tertiary/aromatic N) is 4. The van der Waals surface area contributed by atoms with Crippen LogP contribution in [0.15, 0.2) is 33.0 Å². The first kappa shape index (κ1) is 26.4. The second kappa shape index (κ2) is 10.7. The monoisotopic (exact) mass is 547 g/mol. The molecular weight excluding hydrogens is 518 g/mol. The zero-order valence-corrected chi connectivity index (χ0v) is 23.4. The summed E-state index contributed by atoms with van der Waals surface area (Å²) in [5, 5.41) is 9.00. The van der Waals surface area contributed by atoms with E-state index >= 15 is 0 Å². The van der Waals surface area contributed by atoms with Crippen LogP contribution in [0, 0.1) is 20.8 Å². The van der Waals surface area contributed by atoms with Crippen LogP contribution in [0.3, 0.4) is 0 Å². The second-order valence-electron chi connectivity index (χ2n) is 8.79. The van der Waals surface area contributed by atoms with E-state index in [-0.39, 0.29) is 10.0 Å². The van der Waals surface area contributed by atoms with Crippen molar-refractivity contribution in [3.63, 3.8) is 0 Å². The van der Waals surface area contributed by atoms with Crippen molar-refractivity contribution in [2.24, 2.45) is 0 Å². The third-order valence-electron chi connectivity index (χ3n) is 5.85. The molecule has 0 unspecified atom stereocenters. The number of rotatable bonds is 10. The number of aromatic nitrogens is 4. The minimum absolute atomic E-state index is 0.181. The van der Waals surface area contributed by atoms with Gasteiger partial charge < -0.3 is 4.52 Å². The molecule has 0 bridgehead atoms. The van der Waals surface area contributed by atoms with Crippen molar-refractivity contribution in [1.29, 1.82) is 0 Å². The van der Waals surface area contributed by atoms with Gasteiger partial charge in [-0.15, -0.1) is 11.3 Å². The molecule has 0 aliphatic rings. The molecule has 0 fully saturated rings. The van der Waals surface area contributed by atoms with Gasteiger partial charge in [0.1, 0.15) is 15.8 Å². The van der Waals surface area contributed by atoms with Gasteiger partial charge in [0.2, 0.25) is 0 Å². The molecule has 0 amide bonds. The van der Waals surface area contributed by atoms with E-state index in [0.717, 1.165) is 47.8 Å². The van der Waals surface area contributed by atoms with Crippen molar-refractivity contribution in [1.82, 2.24) is 19.9 Å². The quantitative estimate of drug-likeness (QED) is 0.249. The number of hydrogen-bond donors (Lipinski definition) is 1. The summed E-state index contributed by atoms with van der Waals surface area (Å²) < 4.78 is 36.4. The Hall–Kier alpha value is -2.69. The largest absolute Gasteiger partial charge is 0.359 e. The first-order chi connectivity index (χ1) is 17.1. The van der Waals surface area contributed by atoms with Gasteiger partial charge in [0.25, 0.3) is 10.0 Å². The maximum atomic E-state index is 13.3. The van der Waals surface area contributed by atoms with E-state index in [2.05, 4.69) is 28.8 Å². The highest BCUT2D eigenvalue weighted by molar-refractivity contribution is 7.94. The first-order valence-corrected chi connectivity index (χ1v) is 14.6. The molecule has 11 heteroatoms. The van der Waals surface area contributed by atoms with Crippen LogP contribution in [-0.2, 0) is 29.4 Å². The highest BCUT2D eigenvalue weighted by Crippen LogP contribution is 2.39. The van der Waals surface area contributed by atoms with Gasteiger partial charge in [-0.25, -0.2) is 18.1 Å². The van der Waals surface area contributed by atoms with Crippen LogP contribution in [0.4, 0.5) is 5.82 Å². The molecule has 4 aromatic rings. The molecule has 0 atom stereocenters. The van der Waals surface area contributed by atoms with Crippen molar-refractivity contribution in [3.05, 3.63) is 62.7 Å². The van der Waals surface area contributed by atoms with Crippen LogP contribution in [-0.4, -0.2) is 28.3 Å². The lowest BCUT2D eigenvalue weighted by Crippen LogP contribution is -2.13. The summed E-state index contributed by atoms with van der Waals surface area (Å²) in [5.41, 5.74) is 2.82. The van der Waals surface area contributed by atoms with Crippen molar-refractivity contribution in [3.8, 4) is 11.1 Å². The fourth-order valence-electron chi connectivity index (χ4n) is 3.91. The van der Waals surface area contributed by atoms with Crippen LogP contribution in [0.25, 0.3) is 11.1 Å². The van der Waals surface area contributed by atoms with Crippen LogP contribution in [0.2, 0.25) is 5.02 Å². The minimum Gasteiger partial charge on any atom is -0.359 e. The van der Waals surface area contributed by atoms with Crippen molar-refractivity contribution < 1.29 is 12.9 Å². The molecule has 0 aliphatic carbocycles. The molecule has 4 rings (SSSR count). The van der Waals surface area contributed by atoms with Gasteiger partial charge in [-0.2, -0.15) is 5.10 Å². The average molecular weight is 548 g/mol. The highest BCUT2D eigenvalue weighted by Gasteiger charge is 2.26. The second-order valence-corrected chi connectivity index (χ2v) is 12.3. The number of halogens is 1. The van der Waals surface area contributed by atoms with Crippen LogP contribution in [0.1, 0.15) is 60.1 Å². The molecule has 0 radical (unpaired) electrons. The zero-order chi connectivity index (χ0) is 26.0. The Morgan fingerprint density at radius 2 is 1.83 bits per heavy atom. The Morgan fingerprint density at radius 3 is 2.47 bits per heavy atom. The Morgan fingerprint density at radius 1 is 1.08 bits per heavy atom. The molecule has 3 aromatic heterocycles. The Labute approximate surface area is 220 Å². The van der Waals surface area contributed by atoms with Crippen LogP contribution in [0.5, 0.6) is 0 Å². The maximum absolute atomic E-state index is 13.3. The SMILES string of the molecule is CCCc1nc(CCC)n(Cc2ccc(-c3cc(C)sc3S(=O)(=O)Nc3noc(C)c3C)c(Cl)c2)n1. The topological polar surface area (TPSA) is 103 Å².